The van der Waals surface area contributed by atoms with Crippen molar-refractivity contribution in [3.8, 4) is 0 Å². The molecule has 0 bridgehead atoms. The summed E-state index contributed by atoms with van der Waals surface area (Å²) in [5.41, 5.74) is 4.07. The number of thioether (sulfide) groups is 1. The van der Waals surface area contributed by atoms with Crippen molar-refractivity contribution >= 4 is 44.0 Å². The Morgan fingerprint density at radius 1 is 1.03 bits per heavy atom. The maximum absolute atomic E-state index is 12.9. The second-order valence-electron chi connectivity index (χ2n) is 7.92. The van der Waals surface area contributed by atoms with Crippen LogP contribution in [0.5, 0.6) is 0 Å². The number of aliphatic imine (C=N–C) groups is 1. The first-order valence-electron chi connectivity index (χ1n) is 10.6. The van der Waals surface area contributed by atoms with Crippen molar-refractivity contribution in [2.24, 2.45) is 4.99 Å². The van der Waals surface area contributed by atoms with E-state index in [1.807, 2.05) is 41.3 Å². The molecule has 1 amide bonds. The maximum atomic E-state index is 12.9. The number of amidine groups is 1. The minimum Gasteiger partial charge on any atom is -0.325 e. The van der Waals surface area contributed by atoms with Crippen molar-refractivity contribution in [3.63, 3.8) is 0 Å². The van der Waals surface area contributed by atoms with Gasteiger partial charge in [-0.25, -0.2) is 8.42 Å². The van der Waals surface area contributed by atoms with E-state index in [4.69, 9.17) is 4.99 Å². The van der Waals surface area contributed by atoms with Gasteiger partial charge in [-0.05, 0) is 48.2 Å². The first-order valence-corrected chi connectivity index (χ1v) is 13.3. The number of rotatable bonds is 6. The molecule has 6 nitrogen and oxygen atoms in total. The van der Waals surface area contributed by atoms with Gasteiger partial charge in [0, 0.05) is 16.6 Å². The number of hydrogen-bond acceptors (Lipinski definition) is 6. The molecule has 0 radical (unpaired) electrons. The molecule has 0 unspecified atom stereocenters. The Bertz CT molecular complexity index is 1080. The Kier molecular flexibility index (Phi) is 6.39. The average molecular weight is 458 g/mol. The molecule has 2 atom stereocenters. The zero-order valence-electron chi connectivity index (χ0n) is 17.7. The molecule has 164 valence electrons. The zero-order valence-corrected chi connectivity index (χ0v) is 19.4. The van der Waals surface area contributed by atoms with Crippen LogP contribution in [0.15, 0.2) is 53.5 Å². The summed E-state index contributed by atoms with van der Waals surface area (Å²) in [7, 11) is -3.02. The predicted molar refractivity (Wildman–Crippen MR) is 129 cm³/mol. The van der Waals surface area contributed by atoms with Gasteiger partial charge in [0.1, 0.15) is 6.54 Å². The highest BCUT2D eigenvalue weighted by atomic mass is 32.2. The molecular formula is C23H27N3O3S2. The van der Waals surface area contributed by atoms with Gasteiger partial charge in [0.05, 0.1) is 17.5 Å². The van der Waals surface area contributed by atoms with Crippen LogP contribution in [-0.2, 0) is 27.5 Å². The van der Waals surface area contributed by atoms with Gasteiger partial charge in [0.2, 0.25) is 5.91 Å². The van der Waals surface area contributed by atoms with Gasteiger partial charge < -0.3 is 10.2 Å². The highest BCUT2D eigenvalue weighted by Crippen LogP contribution is 2.36. The van der Waals surface area contributed by atoms with Crippen molar-refractivity contribution < 1.29 is 13.2 Å². The number of aryl methyl sites for hydroxylation is 2. The summed E-state index contributed by atoms with van der Waals surface area (Å²) in [5.74, 6) is 0.0949. The molecule has 1 fully saturated rings. The van der Waals surface area contributed by atoms with Crippen LogP contribution in [0.1, 0.15) is 25.0 Å². The number of hydrogen-bond donors (Lipinski definition) is 1. The number of amides is 1. The van der Waals surface area contributed by atoms with Gasteiger partial charge in [-0.1, -0.05) is 49.9 Å². The molecule has 4 rings (SSSR count). The number of fused-ring (bicyclic) bond motifs is 1. The zero-order chi connectivity index (χ0) is 22.0. The van der Waals surface area contributed by atoms with E-state index in [1.165, 1.54) is 22.9 Å². The number of carbonyl (C=O) groups excluding carboxylic acids is 1. The van der Waals surface area contributed by atoms with E-state index >= 15 is 0 Å². The standard InChI is InChI=1S/C23H27N3O3S2/c1-3-16-5-9-18(10-6-16)24-22(27)13-26(19-11-7-17(4-2)8-12-19)23-25-20-14-31(28,29)15-21(20)30-23/h5-12,20-21H,3-4,13-15H2,1-2H3,(H,24,27)/t20-,21+/m1/s1. The smallest absolute Gasteiger partial charge is 0.244 e. The van der Waals surface area contributed by atoms with Gasteiger partial charge in [-0.3, -0.25) is 9.79 Å². The van der Waals surface area contributed by atoms with Crippen LogP contribution in [-0.4, -0.2) is 48.8 Å². The SMILES string of the molecule is CCc1ccc(NC(=O)CN(C2=N[C@@H]3CS(=O)(=O)C[C@@H]3S2)c2ccc(CC)cc2)cc1. The maximum Gasteiger partial charge on any atom is 0.244 e. The molecule has 0 aromatic heterocycles. The summed E-state index contributed by atoms with van der Waals surface area (Å²) in [6, 6.07) is 15.7. The summed E-state index contributed by atoms with van der Waals surface area (Å²) >= 11 is 1.47. The Labute approximate surface area is 188 Å². The molecule has 2 aliphatic heterocycles. The van der Waals surface area contributed by atoms with E-state index in [0.717, 1.165) is 24.2 Å². The fourth-order valence-electron chi connectivity index (χ4n) is 3.82. The van der Waals surface area contributed by atoms with Crippen LogP contribution in [0.3, 0.4) is 0 Å². The third-order valence-electron chi connectivity index (χ3n) is 5.64. The van der Waals surface area contributed by atoms with Crippen LogP contribution in [0.2, 0.25) is 0 Å². The lowest BCUT2D eigenvalue weighted by Gasteiger charge is -2.24. The lowest BCUT2D eigenvalue weighted by atomic mass is 10.1. The molecule has 0 spiro atoms. The lowest BCUT2D eigenvalue weighted by Crippen LogP contribution is -2.36. The Balaban J connectivity index is 1.54. The predicted octanol–water partition coefficient (Wildman–Crippen LogP) is 3.52. The summed E-state index contributed by atoms with van der Waals surface area (Å²) in [4.78, 5) is 19.5. The number of carbonyl (C=O) groups is 1. The van der Waals surface area contributed by atoms with Crippen molar-refractivity contribution in [3.05, 3.63) is 59.7 Å². The summed E-state index contributed by atoms with van der Waals surface area (Å²) in [5, 5.41) is 3.61. The van der Waals surface area contributed by atoms with Crippen molar-refractivity contribution in [2.45, 2.75) is 38.0 Å². The normalized spacial score (nSPS) is 21.4. The first kappa shape index (κ1) is 21.9. The molecule has 0 aliphatic carbocycles. The number of anilines is 2. The quantitative estimate of drug-likeness (QED) is 0.718. The van der Waals surface area contributed by atoms with Crippen LogP contribution >= 0.6 is 11.8 Å². The average Bonchev–Trinajstić information content (AvgIpc) is 3.26. The minimum absolute atomic E-state index is 0.0675. The lowest BCUT2D eigenvalue weighted by molar-refractivity contribution is -0.114. The molecular weight excluding hydrogens is 430 g/mol. The second-order valence-corrected chi connectivity index (χ2v) is 11.3. The van der Waals surface area contributed by atoms with E-state index in [1.54, 1.807) is 0 Å². The van der Waals surface area contributed by atoms with E-state index < -0.39 is 9.84 Å². The van der Waals surface area contributed by atoms with E-state index in [0.29, 0.717) is 5.17 Å². The second kappa shape index (κ2) is 9.04. The topological polar surface area (TPSA) is 78.8 Å². The summed E-state index contributed by atoms with van der Waals surface area (Å²) in [6.45, 7) is 4.30. The number of nitrogens with zero attached hydrogens (tertiary/aromatic N) is 2. The van der Waals surface area contributed by atoms with E-state index in [-0.39, 0.29) is 35.2 Å². The van der Waals surface area contributed by atoms with Gasteiger partial charge in [0.15, 0.2) is 15.0 Å². The fourth-order valence-corrected chi connectivity index (χ4v) is 7.60. The summed E-state index contributed by atoms with van der Waals surface area (Å²) in [6.07, 6.45) is 1.89. The molecule has 1 N–H and O–H groups in total. The Morgan fingerprint density at radius 2 is 1.65 bits per heavy atom. The molecule has 8 heteroatoms. The number of nitrogens with one attached hydrogen (secondary N) is 1. The van der Waals surface area contributed by atoms with Crippen LogP contribution in [0.25, 0.3) is 0 Å². The highest BCUT2D eigenvalue weighted by molar-refractivity contribution is 8.15. The molecule has 31 heavy (non-hydrogen) atoms. The van der Waals surface area contributed by atoms with Gasteiger partial charge in [-0.2, -0.15) is 0 Å². The Morgan fingerprint density at radius 3 is 2.23 bits per heavy atom. The summed E-state index contributed by atoms with van der Waals surface area (Å²) < 4.78 is 23.9. The van der Waals surface area contributed by atoms with Crippen molar-refractivity contribution in [1.82, 2.24) is 0 Å². The first-order chi connectivity index (χ1) is 14.9. The van der Waals surface area contributed by atoms with Crippen molar-refractivity contribution in [2.75, 3.05) is 28.3 Å². The fraction of sp³-hybridized carbons (Fsp3) is 0.391. The monoisotopic (exact) mass is 457 g/mol. The van der Waals surface area contributed by atoms with Crippen LogP contribution < -0.4 is 10.2 Å². The third kappa shape index (κ3) is 5.13. The minimum atomic E-state index is -3.02. The van der Waals surface area contributed by atoms with Crippen LogP contribution in [0, 0.1) is 0 Å². The molecule has 0 saturated carbocycles. The largest absolute Gasteiger partial charge is 0.325 e. The molecule has 2 heterocycles. The Hall–Kier alpha value is -2.32. The van der Waals surface area contributed by atoms with Gasteiger partial charge in [-0.15, -0.1) is 0 Å². The molecule has 2 aliphatic rings. The van der Waals surface area contributed by atoms with E-state index in [9.17, 15) is 13.2 Å². The van der Waals surface area contributed by atoms with E-state index in [2.05, 4.69) is 31.3 Å². The van der Waals surface area contributed by atoms with Gasteiger partial charge in [0.25, 0.3) is 0 Å². The van der Waals surface area contributed by atoms with Crippen molar-refractivity contribution in [1.29, 1.82) is 0 Å². The van der Waals surface area contributed by atoms with Gasteiger partial charge >= 0.3 is 0 Å². The molecule has 2 aromatic rings. The third-order valence-corrected chi connectivity index (χ3v) is 8.89. The van der Waals surface area contributed by atoms with Crippen LogP contribution in [0.4, 0.5) is 11.4 Å². The number of benzene rings is 2. The molecule has 2 aromatic carbocycles. The molecule has 1 saturated heterocycles. The number of sulfone groups is 1. The highest BCUT2D eigenvalue weighted by Gasteiger charge is 2.44.